The van der Waals surface area contributed by atoms with Crippen LogP contribution in [0, 0.1) is 0 Å². The van der Waals surface area contributed by atoms with Crippen LogP contribution in [0.1, 0.15) is 5.56 Å². The number of methoxy groups -OCH3 is 1. The molecule has 0 bridgehead atoms. The fraction of sp³-hybridized carbons (Fsp3) is 0.261. The van der Waals surface area contributed by atoms with Crippen LogP contribution in [0.15, 0.2) is 65.4 Å². The van der Waals surface area contributed by atoms with Crippen molar-refractivity contribution in [2.75, 3.05) is 27.3 Å². The molecule has 7 nitrogen and oxygen atoms in total. The van der Waals surface area contributed by atoms with Crippen LogP contribution < -0.4 is 9.47 Å². The third-order valence-electron chi connectivity index (χ3n) is 4.90. The molecule has 0 spiro atoms. The van der Waals surface area contributed by atoms with Crippen molar-refractivity contribution >= 4 is 11.0 Å². The normalized spacial score (nSPS) is 12.4. The average Bonchev–Trinajstić information content (AvgIpc) is 3.41. The van der Waals surface area contributed by atoms with Crippen LogP contribution in [0.3, 0.4) is 0 Å². The lowest BCUT2D eigenvalue weighted by molar-refractivity contribution is 0.0745. The Morgan fingerprint density at radius 3 is 2.67 bits per heavy atom. The van der Waals surface area contributed by atoms with Gasteiger partial charge in [0.05, 0.1) is 19.1 Å². The Hall–Kier alpha value is -3.29. The molecule has 4 aromatic rings. The highest BCUT2D eigenvalue weighted by Gasteiger charge is 2.18. The molecular formula is C23H25N3O4. The van der Waals surface area contributed by atoms with Gasteiger partial charge in [-0.15, -0.1) is 0 Å². The molecule has 0 amide bonds. The zero-order valence-corrected chi connectivity index (χ0v) is 17.0. The zero-order valence-electron chi connectivity index (χ0n) is 17.0. The lowest BCUT2D eigenvalue weighted by Gasteiger charge is -2.21. The number of rotatable bonds is 9. The Kier molecular flexibility index (Phi) is 6.02. The zero-order chi connectivity index (χ0) is 20.9. The molecule has 0 aliphatic rings. The number of H-pyrrole nitrogens is 1. The van der Waals surface area contributed by atoms with Gasteiger partial charge in [0.25, 0.3) is 0 Å². The Labute approximate surface area is 174 Å². The number of hydrogen-bond acceptors (Lipinski definition) is 6. The minimum absolute atomic E-state index is 0.206. The summed E-state index contributed by atoms with van der Waals surface area (Å²) >= 11 is 0. The summed E-state index contributed by atoms with van der Waals surface area (Å²) in [5, 5.41) is 11.5. The van der Waals surface area contributed by atoms with Crippen LogP contribution in [0.5, 0.6) is 11.5 Å². The number of ether oxygens (including phenoxy) is 2. The molecule has 1 aromatic carbocycles. The van der Waals surface area contributed by atoms with Gasteiger partial charge in [-0.05, 0) is 55.6 Å². The van der Waals surface area contributed by atoms with Crippen molar-refractivity contribution in [3.05, 3.63) is 66.6 Å². The summed E-state index contributed by atoms with van der Waals surface area (Å²) in [5.41, 5.74) is 2.80. The van der Waals surface area contributed by atoms with Gasteiger partial charge in [0.15, 0.2) is 0 Å². The molecule has 0 saturated heterocycles. The number of aromatic amines is 1. The third kappa shape index (κ3) is 4.48. The smallest absolute Gasteiger partial charge is 0.150 e. The lowest BCUT2D eigenvalue weighted by Crippen LogP contribution is -2.32. The van der Waals surface area contributed by atoms with Gasteiger partial charge in [-0.1, -0.05) is 0 Å². The van der Waals surface area contributed by atoms with Crippen molar-refractivity contribution in [1.82, 2.24) is 14.9 Å². The van der Waals surface area contributed by atoms with Gasteiger partial charge >= 0.3 is 0 Å². The van der Waals surface area contributed by atoms with Crippen molar-refractivity contribution < 1.29 is 19.0 Å². The summed E-state index contributed by atoms with van der Waals surface area (Å²) in [6, 6.07) is 15.0. The van der Waals surface area contributed by atoms with Crippen LogP contribution in [0.4, 0.5) is 0 Å². The molecule has 7 heteroatoms. The standard InChI is InChI=1S/C23H25N3O4/c1-26(13-16(27)15-30-18-9-7-17(28-2)8-10-18)14-20-19-5-3-11-24-23(19)25-22(20)21-6-4-12-29-21/h3-12,16,27H,13-15H2,1-2H3,(H,24,25). The van der Waals surface area contributed by atoms with Crippen LogP contribution >= 0.6 is 0 Å². The van der Waals surface area contributed by atoms with Crippen molar-refractivity contribution in [1.29, 1.82) is 0 Å². The Morgan fingerprint density at radius 1 is 1.13 bits per heavy atom. The number of aliphatic hydroxyl groups excluding tert-OH is 1. The molecule has 1 unspecified atom stereocenters. The second-order valence-corrected chi connectivity index (χ2v) is 7.19. The molecule has 156 valence electrons. The summed E-state index contributed by atoms with van der Waals surface area (Å²) in [6.45, 7) is 1.29. The molecule has 2 N–H and O–H groups in total. The fourth-order valence-electron chi connectivity index (χ4n) is 3.48. The SMILES string of the molecule is COc1ccc(OCC(O)CN(C)Cc2c(-c3ccco3)[nH]c3ncccc23)cc1. The summed E-state index contributed by atoms with van der Waals surface area (Å²) in [7, 11) is 3.59. The van der Waals surface area contributed by atoms with Crippen LogP contribution in [-0.2, 0) is 6.54 Å². The molecule has 3 heterocycles. The number of fused-ring (bicyclic) bond motifs is 1. The van der Waals surface area contributed by atoms with Crippen LogP contribution in [0.2, 0.25) is 0 Å². The van der Waals surface area contributed by atoms with E-state index in [0.717, 1.165) is 33.8 Å². The first-order valence-corrected chi connectivity index (χ1v) is 9.77. The maximum atomic E-state index is 10.4. The Bertz CT molecular complexity index is 1070. The first-order valence-electron chi connectivity index (χ1n) is 9.77. The molecule has 0 saturated carbocycles. The first kappa shape index (κ1) is 20.0. The monoisotopic (exact) mass is 407 g/mol. The molecule has 0 aliphatic heterocycles. The first-order chi connectivity index (χ1) is 14.6. The van der Waals surface area contributed by atoms with E-state index in [1.54, 1.807) is 19.6 Å². The second-order valence-electron chi connectivity index (χ2n) is 7.19. The second kappa shape index (κ2) is 9.02. The number of benzene rings is 1. The number of aromatic nitrogens is 2. The molecule has 0 radical (unpaired) electrons. The van der Waals surface area contributed by atoms with E-state index in [-0.39, 0.29) is 6.61 Å². The van der Waals surface area contributed by atoms with Gasteiger partial charge in [0.2, 0.25) is 0 Å². The summed E-state index contributed by atoms with van der Waals surface area (Å²) < 4.78 is 16.4. The largest absolute Gasteiger partial charge is 0.497 e. The van der Waals surface area contributed by atoms with E-state index in [4.69, 9.17) is 13.9 Å². The van der Waals surface area contributed by atoms with Crippen LogP contribution in [-0.4, -0.2) is 53.4 Å². The molecule has 0 aliphatic carbocycles. The predicted molar refractivity (Wildman–Crippen MR) is 115 cm³/mol. The molecule has 0 fully saturated rings. The van der Waals surface area contributed by atoms with E-state index in [0.29, 0.717) is 18.8 Å². The van der Waals surface area contributed by atoms with E-state index >= 15 is 0 Å². The predicted octanol–water partition coefficient (Wildman–Crippen LogP) is 3.70. The van der Waals surface area contributed by atoms with Gasteiger partial charge in [-0.2, -0.15) is 0 Å². The quantitative estimate of drug-likeness (QED) is 0.440. The third-order valence-corrected chi connectivity index (χ3v) is 4.90. The Morgan fingerprint density at radius 2 is 1.93 bits per heavy atom. The van der Waals surface area contributed by atoms with Gasteiger partial charge in [-0.3, -0.25) is 4.90 Å². The molecule has 4 rings (SSSR count). The number of likely N-dealkylation sites (N-methyl/N-ethyl adjacent to an activating group) is 1. The number of furan rings is 1. The number of nitrogens with zero attached hydrogens (tertiary/aromatic N) is 2. The number of hydrogen-bond donors (Lipinski definition) is 2. The van der Waals surface area contributed by atoms with E-state index in [1.807, 2.05) is 55.6 Å². The molecule has 3 aromatic heterocycles. The molecule has 1 atom stereocenters. The summed E-state index contributed by atoms with van der Waals surface area (Å²) in [6.07, 6.45) is 2.79. The number of nitrogens with one attached hydrogen (secondary N) is 1. The molecular weight excluding hydrogens is 382 g/mol. The van der Waals surface area contributed by atoms with Crippen molar-refractivity contribution in [3.63, 3.8) is 0 Å². The van der Waals surface area contributed by atoms with Crippen molar-refractivity contribution in [2.24, 2.45) is 0 Å². The van der Waals surface area contributed by atoms with Gasteiger partial charge in [0.1, 0.15) is 35.6 Å². The van der Waals surface area contributed by atoms with E-state index in [2.05, 4.69) is 14.9 Å². The number of aliphatic hydroxyl groups is 1. The van der Waals surface area contributed by atoms with E-state index in [9.17, 15) is 5.11 Å². The van der Waals surface area contributed by atoms with Gasteiger partial charge in [-0.25, -0.2) is 4.98 Å². The average molecular weight is 407 g/mol. The van der Waals surface area contributed by atoms with Crippen molar-refractivity contribution in [3.8, 4) is 23.0 Å². The summed E-state index contributed by atoms with van der Waals surface area (Å²) in [5.74, 6) is 2.23. The molecule has 30 heavy (non-hydrogen) atoms. The fourth-order valence-corrected chi connectivity index (χ4v) is 3.48. The Balaban J connectivity index is 1.41. The maximum Gasteiger partial charge on any atom is 0.150 e. The van der Waals surface area contributed by atoms with E-state index in [1.165, 1.54) is 0 Å². The van der Waals surface area contributed by atoms with Crippen molar-refractivity contribution in [2.45, 2.75) is 12.6 Å². The topological polar surface area (TPSA) is 83.8 Å². The van der Waals surface area contributed by atoms with E-state index < -0.39 is 6.10 Å². The minimum Gasteiger partial charge on any atom is -0.497 e. The van der Waals surface area contributed by atoms with Gasteiger partial charge in [0, 0.05) is 30.2 Å². The van der Waals surface area contributed by atoms with Crippen LogP contribution in [0.25, 0.3) is 22.5 Å². The minimum atomic E-state index is -0.632. The highest BCUT2D eigenvalue weighted by Crippen LogP contribution is 2.30. The summed E-state index contributed by atoms with van der Waals surface area (Å²) in [4.78, 5) is 9.83. The highest BCUT2D eigenvalue weighted by atomic mass is 16.5. The number of pyridine rings is 1. The van der Waals surface area contributed by atoms with Gasteiger partial charge < -0.3 is 24.0 Å². The highest BCUT2D eigenvalue weighted by molar-refractivity contribution is 5.87. The maximum absolute atomic E-state index is 10.4. The lowest BCUT2D eigenvalue weighted by atomic mass is 10.1.